The molecule has 1 unspecified atom stereocenters. The van der Waals surface area contributed by atoms with Gasteiger partial charge in [0.05, 0.1) is 11.7 Å². The largest absolute Gasteiger partial charge is 0.384 e. The predicted molar refractivity (Wildman–Crippen MR) is 86.1 cm³/mol. The molecule has 0 aliphatic carbocycles. The van der Waals surface area contributed by atoms with E-state index in [1.165, 1.54) is 0 Å². The zero-order chi connectivity index (χ0) is 14.5. The van der Waals surface area contributed by atoms with Gasteiger partial charge in [0.15, 0.2) is 0 Å². The van der Waals surface area contributed by atoms with Crippen LogP contribution in [0.5, 0.6) is 0 Å². The summed E-state index contributed by atoms with van der Waals surface area (Å²) in [6, 6.07) is 6.12. The normalized spacial score (nSPS) is 19.1. The van der Waals surface area contributed by atoms with Gasteiger partial charge in [-0.15, -0.1) is 11.8 Å². The Morgan fingerprint density at radius 2 is 2.35 bits per heavy atom. The molecular weight excluding hydrogens is 270 g/mol. The molecule has 1 atom stereocenters. The summed E-state index contributed by atoms with van der Waals surface area (Å²) in [6.07, 6.45) is 4.53. The maximum absolute atomic E-state index is 7.88. The maximum Gasteiger partial charge on any atom is 0.126 e. The molecule has 0 radical (unpaired) electrons. The van der Waals surface area contributed by atoms with Gasteiger partial charge in [-0.3, -0.25) is 5.41 Å². The van der Waals surface area contributed by atoms with E-state index in [-0.39, 0.29) is 11.9 Å². The number of anilines is 1. The Morgan fingerprint density at radius 1 is 1.55 bits per heavy atom. The molecule has 1 aromatic rings. The van der Waals surface area contributed by atoms with Crippen molar-refractivity contribution in [3.05, 3.63) is 23.8 Å². The Kier molecular flexibility index (Phi) is 5.31. The molecule has 1 heterocycles. The molecule has 20 heavy (non-hydrogen) atoms. The SMILES string of the molecule is CCOC1CCCN(c2cccc(SC)c2C(=N)N)C1. The van der Waals surface area contributed by atoms with Crippen LogP contribution in [0, 0.1) is 5.41 Å². The number of hydrogen-bond acceptors (Lipinski definition) is 4. The van der Waals surface area contributed by atoms with E-state index in [1.807, 2.05) is 25.3 Å². The fourth-order valence-electron chi connectivity index (χ4n) is 2.75. The highest BCUT2D eigenvalue weighted by molar-refractivity contribution is 7.98. The lowest BCUT2D eigenvalue weighted by Gasteiger charge is -2.35. The van der Waals surface area contributed by atoms with Crippen LogP contribution in [0.3, 0.4) is 0 Å². The summed E-state index contributed by atoms with van der Waals surface area (Å²) in [6.45, 7) is 4.67. The van der Waals surface area contributed by atoms with Gasteiger partial charge in [-0.05, 0) is 38.2 Å². The number of thioether (sulfide) groups is 1. The van der Waals surface area contributed by atoms with E-state index in [1.54, 1.807) is 11.8 Å². The first-order valence-electron chi connectivity index (χ1n) is 7.05. The van der Waals surface area contributed by atoms with Crippen LogP contribution in [0.25, 0.3) is 0 Å². The molecular formula is C15H23N3OS. The number of piperidine rings is 1. The molecule has 1 aliphatic rings. The van der Waals surface area contributed by atoms with E-state index in [4.69, 9.17) is 15.9 Å². The van der Waals surface area contributed by atoms with Gasteiger partial charge >= 0.3 is 0 Å². The summed E-state index contributed by atoms with van der Waals surface area (Å²) in [4.78, 5) is 3.37. The molecule has 4 nitrogen and oxygen atoms in total. The van der Waals surface area contributed by atoms with Gasteiger partial charge in [-0.1, -0.05) is 6.07 Å². The topological polar surface area (TPSA) is 62.3 Å². The number of nitrogens with one attached hydrogen (secondary N) is 1. The molecule has 2 rings (SSSR count). The summed E-state index contributed by atoms with van der Waals surface area (Å²) in [7, 11) is 0. The first-order valence-corrected chi connectivity index (χ1v) is 8.27. The Bertz CT molecular complexity index is 476. The van der Waals surface area contributed by atoms with Crippen LogP contribution in [0.4, 0.5) is 5.69 Å². The number of ether oxygens (including phenoxy) is 1. The van der Waals surface area contributed by atoms with Gasteiger partial charge in [-0.2, -0.15) is 0 Å². The molecule has 1 fully saturated rings. The van der Waals surface area contributed by atoms with E-state index in [9.17, 15) is 0 Å². The van der Waals surface area contributed by atoms with Crippen LogP contribution >= 0.6 is 11.8 Å². The highest BCUT2D eigenvalue weighted by atomic mass is 32.2. The summed E-state index contributed by atoms with van der Waals surface area (Å²) in [5, 5.41) is 7.88. The van der Waals surface area contributed by atoms with Crippen LogP contribution in [-0.4, -0.2) is 37.9 Å². The number of nitrogens with zero attached hydrogens (tertiary/aromatic N) is 1. The second-order valence-electron chi connectivity index (χ2n) is 4.93. The summed E-state index contributed by atoms with van der Waals surface area (Å²) < 4.78 is 5.76. The van der Waals surface area contributed by atoms with Crippen molar-refractivity contribution in [2.24, 2.45) is 5.73 Å². The smallest absolute Gasteiger partial charge is 0.126 e. The van der Waals surface area contributed by atoms with Crippen molar-refractivity contribution >= 4 is 23.3 Å². The van der Waals surface area contributed by atoms with Crippen molar-refractivity contribution in [2.75, 3.05) is 30.9 Å². The molecule has 0 bridgehead atoms. The molecule has 1 aromatic carbocycles. The third-order valence-corrected chi connectivity index (χ3v) is 4.39. The van der Waals surface area contributed by atoms with E-state index in [2.05, 4.69) is 11.0 Å². The molecule has 5 heteroatoms. The summed E-state index contributed by atoms with van der Waals surface area (Å²) >= 11 is 1.63. The van der Waals surface area contributed by atoms with Crippen LogP contribution < -0.4 is 10.6 Å². The Hall–Kier alpha value is -1.20. The van der Waals surface area contributed by atoms with Crippen LogP contribution in [0.2, 0.25) is 0 Å². The van der Waals surface area contributed by atoms with E-state index < -0.39 is 0 Å². The first-order chi connectivity index (χ1) is 9.67. The Labute approximate surface area is 125 Å². The van der Waals surface area contributed by atoms with Gasteiger partial charge in [0.2, 0.25) is 0 Å². The Balaban J connectivity index is 2.29. The van der Waals surface area contributed by atoms with Crippen molar-refractivity contribution < 1.29 is 4.74 Å². The highest BCUT2D eigenvalue weighted by Gasteiger charge is 2.23. The van der Waals surface area contributed by atoms with E-state index >= 15 is 0 Å². The zero-order valence-corrected chi connectivity index (χ0v) is 13.0. The molecule has 0 spiro atoms. The fraction of sp³-hybridized carbons (Fsp3) is 0.533. The Morgan fingerprint density at radius 3 is 3.00 bits per heavy atom. The van der Waals surface area contributed by atoms with Gasteiger partial charge in [0, 0.05) is 30.3 Å². The predicted octanol–water partition coefficient (Wildman–Crippen LogP) is 2.70. The molecule has 0 amide bonds. The van der Waals surface area contributed by atoms with E-state index in [0.717, 1.165) is 48.7 Å². The lowest BCUT2D eigenvalue weighted by atomic mass is 10.0. The van der Waals surface area contributed by atoms with Crippen molar-refractivity contribution in [3.8, 4) is 0 Å². The number of amidine groups is 1. The van der Waals surface area contributed by atoms with Gasteiger partial charge in [0.25, 0.3) is 0 Å². The number of rotatable bonds is 5. The second-order valence-corrected chi connectivity index (χ2v) is 5.78. The second kappa shape index (κ2) is 6.99. The standard InChI is InChI=1S/C15H23N3OS/c1-3-19-11-6-5-9-18(10-11)12-7-4-8-13(20-2)14(12)15(16)17/h4,7-8,11H,3,5-6,9-10H2,1-2H3,(H3,16,17). The summed E-state index contributed by atoms with van der Waals surface area (Å²) in [5.74, 6) is 0.142. The quantitative estimate of drug-likeness (QED) is 0.498. The minimum Gasteiger partial charge on any atom is -0.384 e. The van der Waals surface area contributed by atoms with Crippen molar-refractivity contribution in [2.45, 2.75) is 30.8 Å². The van der Waals surface area contributed by atoms with Gasteiger partial charge < -0.3 is 15.4 Å². The van der Waals surface area contributed by atoms with Gasteiger partial charge in [-0.25, -0.2) is 0 Å². The lowest BCUT2D eigenvalue weighted by Crippen LogP contribution is -2.40. The minimum absolute atomic E-state index is 0.142. The fourth-order valence-corrected chi connectivity index (χ4v) is 3.39. The molecule has 1 aliphatic heterocycles. The summed E-state index contributed by atoms with van der Waals surface area (Å²) in [5.41, 5.74) is 7.73. The maximum atomic E-state index is 7.88. The van der Waals surface area contributed by atoms with E-state index in [0.29, 0.717) is 0 Å². The monoisotopic (exact) mass is 293 g/mol. The number of nitrogen functional groups attached to an aromatic ring is 1. The number of hydrogen-bond donors (Lipinski definition) is 2. The molecule has 110 valence electrons. The van der Waals surface area contributed by atoms with Crippen molar-refractivity contribution in [1.29, 1.82) is 5.41 Å². The third-order valence-electron chi connectivity index (χ3n) is 3.61. The van der Waals surface area contributed by atoms with Crippen molar-refractivity contribution in [1.82, 2.24) is 0 Å². The minimum atomic E-state index is 0.142. The number of benzene rings is 1. The average molecular weight is 293 g/mol. The lowest BCUT2D eigenvalue weighted by molar-refractivity contribution is 0.0526. The zero-order valence-electron chi connectivity index (χ0n) is 12.2. The molecule has 0 saturated carbocycles. The third kappa shape index (κ3) is 3.27. The molecule has 0 aromatic heterocycles. The van der Waals surface area contributed by atoms with Crippen LogP contribution in [0.1, 0.15) is 25.3 Å². The highest BCUT2D eigenvalue weighted by Crippen LogP contribution is 2.31. The number of nitrogens with two attached hydrogens (primary N) is 1. The molecule has 3 N–H and O–H groups in total. The first kappa shape index (κ1) is 15.2. The van der Waals surface area contributed by atoms with Crippen LogP contribution in [-0.2, 0) is 4.74 Å². The van der Waals surface area contributed by atoms with Crippen molar-refractivity contribution in [3.63, 3.8) is 0 Å². The molecule has 1 saturated heterocycles. The average Bonchev–Trinajstić information content (AvgIpc) is 2.47. The van der Waals surface area contributed by atoms with Gasteiger partial charge in [0.1, 0.15) is 5.84 Å². The van der Waals surface area contributed by atoms with Crippen LogP contribution in [0.15, 0.2) is 23.1 Å².